The van der Waals surface area contributed by atoms with Crippen molar-refractivity contribution in [1.29, 1.82) is 0 Å². The smallest absolute Gasteiger partial charge is 0.239 e. The zero-order valence-electron chi connectivity index (χ0n) is 9.52. The minimum absolute atomic E-state index is 0.0444. The molecular weight excluding hydrogens is 194 g/mol. The number of hydroxylamine groups is 1. The molecular formula is C10H17N3O2. The second-order valence-electron chi connectivity index (χ2n) is 3.41. The summed E-state index contributed by atoms with van der Waals surface area (Å²) in [6.07, 6.45) is 0.0444. The maximum atomic E-state index is 5.73. The molecule has 5 heteroatoms. The average Bonchev–Trinajstić information content (AvgIpc) is 2.19. The predicted molar refractivity (Wildman–Crippen MR) is 59.8 cm³/mol. The Kier molecular flexibility index (Phi) is 3.74. The lowest BCUT2D eigenvalue weighted by molar-refractivity contribution is 0.180. The number of anilines is 2. The fourth-order valence-corrected chi connectivity index (χ4v) is 1.03. The molecule has 0 unspecified atom stereocenters. The molecule has 0 aliphatic heterocycles. The highest BCUT2D eigenvalue weighted by atomic mass is 16.7. The van der Waals surface area contributed by atoms with Gasteiger partial charge in [-0.25, -0.2) is 5.06 Å². The number of pyridine rings is 1. The zero-order valence-corrected chi connectivity index (χ0v) is 9.52. The molecule has 2 N–H and O–H groups in total. The second kappa shape index (κ2) is 4.84. The van der Waals surface area contributed by atoms with Gasteiger partial charge in [-0.2, -0.15) is 4.98 Å². The molecule has 1 aromatic rings. The Morgan fingerprint density at radius 1 is 1.40 bits per heavy atom. The summed E-state index contributed by atoms with van der Waals surface area (Å²) in [6.45, 7) is 3.85. The molecule has 0 aliphatic carbocycles. The van der Waals surface area contributed by atoms with Gasteiger partial charge < -0.3 is 10.5 Å². The summed E-state index contributed by atoms with van der Waals surface area (Å²) < 4.78 is 5.46. The first kappa shape index (κ1) is 11.6. The van der Waals surface area contributed by atoms with E-state index in [1.165, 1.54) is 5.06 Å². The van der Waals surface area contributed by atoms with Crippen LogP contribution in [-0.2, 0) is 4.84 Å². The van der Waals surface area contributed by atoms with Gasteiger partial charge in [-0.05, 0) is 26.0 Å². The quantitative estimate of drug-likeness (QED) is 0.764. The van der Waals surface area contributed by atoms with Gasteiger partial charge in [0, 0.05) is 7.05 Å². The van der Waals surface area contributed by atoms with Crippen molar-refractivity contribution in [2.24, 2.45) is 0 Å². The SMILES string of the molecule is CON(C)c1ccc(N)c(OC(C)C)n1. The molecule has 84 valence electrons. The summed E-state index contributed by atoms with van der Waals surface area (Å²) in [5.41, 5.74) is 6.26. The van der Waals surface area contributed by atoms with Crippen LogP contribution < -0.4 is 15.5 Å². The first-order valence-corrected chi connectivity index (χ1v) is 4.75. The van der Waals surface area contributed by atoms with Crippen molar-refractivity contribution < 1.29 is 9.57 Å². The van der Waals surface area contributed by atoms with Gasteiger partial charge in [0.05, 0.1) is 18.9 Å². The Labute approximate surface area is 89.8 Å². The molecule has 1 aromatic heterocycles. The zero-order chi connectivity index (χ0) is 11.4. The minimum Gasteiger partial charge on any atom is -0.473 e. The Morgan fingerprint density at radius 2 is 2.07 bits per heavy atom. The maximum Gasteiger partial charge on any atom is 0.239 e. The van der Waals surface area contributed by atoms with Crippen LogP contribution in [-0.4, -0.2) is 25.2 Å². The van der Waals surface area contributed by atoms with Crippen molar-refractivity contribution in [3.63, 3.8) is 0 Å². The lowest BCUT2D eigenvalue weighted by atomic mass is 10.4. The normalized spacial score (nSPS) is 10.5. The van der Waals surface area contributed by atoms with Crippen LogP contribution in [0.15, 0.2) is 12.1 Å². The molecule has 5 nitrogen and oxygen atoms in total. The number of rotatable bonds is 4. The Bertz CT molecular complexity index is 328. The average molecular weight is 211 g/mol. The van der Waals surface area contributed by atoms with Crippen molar-refractivity contribution in [1.82, 2.24) is 4.98 Å². The summed E-state index contributed by atoms with van der Waals surface area (Å²) in [6, 6.07) is 3.52. The number of hydrogen-bond donors (Lipinski definition) is 1. The standard InChI is InChI=1S/C10H17N3O2/c1-7(2)15-10-8(11)5-6-9(12-10)13(3)14-4/h5-7H,11H2,1-4H3. The van der Waals surface area contributed by atoms with Gasteiger partial charge in [-0.15, -0.1) is 0 Å². The van der Waals surface area contributed by atoms with Crippen molar-refractivity contribution in [3.05, 3.63) is 12.1 Å². The summed E-state index contributed by atoms with van der Waals surface area (Å²) in [5.74, 6) is 1.09. The van der Waals surface area contributed by atoms with Gasteiger partial charge in [0.1, 0.15) is 0 Å². The van der Waals surface area contributed by atoms with E-state index in [4.69, 9.17) is 15.3 Å². The van der Waals surface area contributed by atoms with E-state index in [1.807, 2.05) is 13.8 Å². The highest BCUT2D eigenvalue weighted by Gasteiger charge is 2.08. The Hall–Kier alpha value is -1.49. The van der Waals surface area contributed by atoms with E-state index in [1.54, 1.807) is 26.3 Å². The third-order valence-electron chi connectivity index (χ3n) is 1.82. The van der Waals surface area contributed by atoms with E-state index < -0.39 is 0 Å². The van der Waals surface area contributed by atoms with Crippen LogP contribution in [0.3, 0.4) is 0 Å². The van der Waals surface area contributed by atoms with Gasteiger partial charge in [0.25, 0.3) is 0 Å². The highest BCUT2D eigenvalue weighted by Crippen LogP contribution is 2.23. The lowest BCUT2D eigenvalue weighted by Crippen LogP contribution is -2.17. The number of nitrogen functional groups attached to an aromatic ring is 1. The number of aromatic nitrogens is 1. The molecule has 0 radical (unpaired) electrons. The van der Waals surface area contributed by atoms with E-state index in [0.29, 0.717) is 17.4 Å². The third kappa shape index (κ3) is 2.99. The molecule has 0 fully saturated rings. The van der Waals surface area contributed by atoms with Crippen molar-refractivity contribution in [2.45, 2.75) is 20.0 Å². The van der Waals surface area contributed by atoms with Crippen molar-refractivity contribution in [2.75, 3.05) is 25.0 Å². The molecule has 0 aliphatic rings. The molecule has 0 aromatic carbocycles. The van der Waals surface area contributed by atoms with Crippen LogP contribution in [0.1, 0.15) is 13.8 Å². The molecule has 0 spiro atoms. The van der Waals surface area contributed by atoms with Crippen LogP contribution in [0.4, 0.5) is 11.5 Å². The summed E-state index contributed by atoms with van der Waals surface area (Å²) in [5, 5.41) is 1.53. The van der Waals surface area contributed by atoms with Crippen molar-refractivity contribution >= 4 is 11.5 Å². The highest BCUT2D eigenvalue weighted by molar-refractivity contribution is 5.53. The van der Waals surface area contributed by atoms with Crippen LogP contribution in [0.2, 0.25) is 0 Å². The van der Waals surface area contributed by atoms with E-state index in [9.17, 15) is 0 Å². The van der Waals surface area contributed by atoms with Gasteiger partial charge in [-0.3, -0.25) is 4.84 Å². The van der Waals surface area contributed by atoms with Crippen LogP contribution in [0.5, 0.6) is 5.88 Å². The second-order valence-corrected chi connectivity index (χ2v) is 3.41. The molecule has 0 saturated carbocycles. The summed E-state index contributed by atoms with van der Waals surface area (Å²) in [7, 11) is 3.33. The minimum atomic E-state index is 0.0444. The van der Waals surface area contributed by atoms with E-state index >= 15 is 0 Å². The Morgan fingerprint density at radius 3 is 2.60 bits per heavy atom. The van der Waals surface area contributed by atoms with Gasteiger partial charge in [-0.1, -0.05) is 0 Å². The molecule has 0 saturated heterocycles. The number of hydrogen-bond acceptors (Lipinski definition) is 5. The third-order valence-corrected chi connectivity index (χ3v) is 1.82. The number of ether oxygens (including phenoxy) is 1. The lowest BCUT2D eigenvalue weighted by Gasteiger charge is -2.17. The van der Waals surface area contributed by atoms with Gasteiger partial charge >= 0.3 is 0 Å². The molecule has 0 amide bonds. The monoisotopic (exact) mass is 211 g/mol. The van der Waals surface area contributed by atoms with E-state index in [0.717, 1.165) is 0 Å². The fraction of sp³-hybridized carbons (Fsp3) is 0.500. The molecule has 1 heterocycles. The number of nitrogens with zero attached hydrogens (tertiary/aromatic N) is 2. The van der Waals surface area contributed by atoms with Crippen LogP contribution >= 0.6 is 0 Å². The summed E-state index contributed by atoms with van der Waals surface area (Å²) in [4.78, 5) is 9.25. The molecule has 15 heavy (non-hydrogen) atoms. The number of nitrogens with two attached hydrogens (primary N) is 1. The van der Waals surface area contributed by atoms with Gasteiger partial charge in [0.2, 0.25) is 5.88 Å². The maximum absolute atomic E-state index is 5.73. The summed E-state index contributed by atoms with van der Waals surface area (Å²) >= 11 is 0. The Balaban J connectivity index is 2.94. The van der Waals surface area contributed by atoms with Crippen LogP contribution in [0.25, 0.3) is 0 Å². The van der Waals surface area contributed by atoms with E-state index in [2.05, 4.69) is 4.98 Å². The predicted octanol–water partition coefficient (Wildman–Crippen LogP) is 1.45. The van der Waals surface area contributed by atoms with Gasteiger partial charge in [0.15, 0.2) is 5.82 Å². The molecule has 0 bridgehead atoms. The fourth-order valence-electron chi connectivity index (χ4n) is 1.03. The largest absolute Gasteiger partial charge is 0.473 e. The van der Waals surface area contributed by atoms with Crippen LogP contribution in [0, 0.1) is 0 Å². The molecule has 1 rings (SSSR count). The molecule has 0 atom stereocenters. The van der Waals surface area contributed by atoms with Crippen molar-refractivity contribution in [3.8, 4) is 5.88 Å². The van der Waals surface area contributed by atoms with E-state index in [-0.39, 0.29) is 6.10 Å². The topological polar surface area (TPSA) is 60.6 Å². The first-order valence-electron chi connectivity index (χ1n) is 4.75. The first-order chi connectivity index (χ1) is 7.04.